The Kier molecular flexibility index (Phi) is 4.86. The zero-order chi connectivity index (χ0) is 20.4. The number of rotatable bonds is 5. The number of aromatic nitrogens is 1. The van der Waals surface area contributed by atoms with Crippen LogP contribution in [0.2, 0.25) is 0 Å². The van der Waals surface area contributed by atoms with Gasteiger partial charge >= 0.3 is 0 Å². The van der Waals surface area contributed by atoms with Crippen molar-refractivity contribution in [1.82, 2.24) is 5.16 Å². The van der Waals surface area contributed by atoms with Crippen LogP contribution >= 0.6 is 0 Å². The van der Waals surface area contributed by atoms with E-state index in [0.29, 0.717) is 11.1 Å². The maximum Gasteiger partial charge on any atom is 0.216 e. The van der Waals surface area contributed by atoms with Crippen molar-refractivity contribution in [3.05, 3.63) is 102 Å². The number of sulfone groups is 1. The Bertz CT molecular complexity index is 1260. The van der Waals surface area contributed by atoms with E-state index in [4.69, 9.17) is 4.52 Å². The molecule has 4 rings (SSSR count). The highest BCUT2D eigenvalue weighted by atomic mass is 32.2. The monoisotopic (exact) mass is 403 g/mol. The fraction of sp³-hybridized carbons (Fsp3) is 0.0435. The van der Waals surface area contributed by atoms with E-state index >= 15 is 0 Å². The molecule has 0 saturated carbocycles. The fourth-order valence-corrected chi connectivity index (χ4v) is 4.54. The first-order valence-electron chi connectivity index (χ1n) is 8.95. The van der Waals surface area contributed by atoms with Crippen LogP contribution in [0.4, 0.5) is 0 Å². The Morgan fingerprint density at radius 1 is 0.828 bits per heavy atom. The van der Waals surface area contributed by atoms with Gasteiger partial charge in [-0.15, -0.1) is 0 Å². The second kappa shape index (κ2) is 7.48. The predicted octanol–water partition coefficient (Wildman–Crippen LogP) is 4.71. The molecule has 0 aliphatic rings. The van der Waals surface area contributed by atoms with E-state index < -0.39 is 15.6 Å². The third-order valence-electron chi connectivity index (χ3n) is 4.54. The van der Waals surface area contributed by atoms with Crippen LogP contribution in [-0.4, -0.2) is 19.4 Å². The summed E-state index contributed by atoms with van der Waals surface area (Å²) in [7, 11) is -4.05. The molecule has 0 amide bonds. The van der Waals surface area contributed by atoms with E-state index in [1.165, 1.54) is 12.1 Å². The van der Waals surface area contributed by atoms with E-state index in [0.717, 1.165) is 5.56 Å². The predicted molar refractivity (Wildman–Crippen MR) is 108 cm³/mol. The molecule has 1 heterocycles. The summed E-state index contributed by atoms with van der Waals surface area (Å²) in [4.78, 5) is 12.9. The van der Waals surface area contributed by atoms with Crippen molar-refractivity contribution < 1.29 is 17.7 Å². The summed E-state index contributed by atoms with van der Waals surface area (Å²) >= 11 is 0. The average Bonchev–Trinajstić information content (AvgIpc) is 3.21. The molecule has 0 fully saturated rings. The van der Waals surface area contributed by atoms with Gasteiger partial charge in [-0.25, -0.2) is 8.42 Å². The molecule has 4 aromatic rings. The largest absolute Gasteiger partial charge is 0.354 e. The molecule has 0 aliphatic heterocycles. The van der Waals surface area contributed by atoms with Crippen LogP contribution in [0.5, 0.6) is 0 Å². The minimum Gasteiger partial charge on any atom is -0.354 e. The highest BCUT2D eigenvalue weighted by Gasteiger charge is 2.34. The van der Waals surface area contributed by atoms with Gasteiger partial charge in [0.2, 0.25) is 15.6 Å². The molecular formula is C23H17NO4S. The number of aryl methyl sites for hydroxylation is 1. The molecule has 0 saturated heterocycles. The van der Waals surface area contributed by atoms with Crippen LogP contribution in [0.25, 0.3) is 11.3 Å². The summed E-state index contributed by atoms with van der Waals surface area (Å²) in [5.41, 5.74) is 1.66. The molecule has 0 aliphatic carbocycles. The van der Waals surface area contributed by atoms with Gasteiger partial charge in [0.05, 0.1) is 4.90 Å². The standard InChI is InChI=1S/C23H17NO4S/c1-16-12-14-18(15-13-16)22-23(29(26,27)19-10-6-3-7-11-19)20(24-28-22)21(25)17-8-4-2-5-9-17/h2-15H,1H3. The Morgan fingerprint density at radius 2 is 1.41 bits per heavy atom. The van der Waals surface area contributed by atoms with Crippen molar-refractivity contribution in [3.63, 3.8) is 0 Å². The second-order valence-corrected chi connectivity index (χ2v) is 8.45. The Morgan fingerprint density at radius 3 is 2.03 bits per heavy atom. The molecule has 1 aromatic heterocycles. The average molecular weight is 403 g/mol. The van der Waals surface area contributed by atoms with Crippen molar-refractivity contribution in [3.8, 4) is 11.3 Å². The molecule has 0 N–H and O–H groups in total. The molecule has 0 atom stereocenters. The van der Waals surface area contributed by atoms with Gasteiger partial charge in [0.1, 0.15) is 0 Å². The van der Waals surface area contributed by atoms with Gasteiger partial charge in [-0.05, 0) is 19.1 Å². The topological polar surface area (TPSA) is 77.2 Å². The number of carbonyl (C=O) groups is 1. The Labute approximate surface area is 168 Å². The summed E-state index contributed by atoms with van der Waals surface area (Å²) in [5, 5.41) is 3.88. The maximum absolute atomic E-state index is 13.5. The summed E-state index contributed by atoms with van der Waals surface area (Å²) in [6.07, 6.45) is 0. The second-order valence-electron chi connectivity index (χ2n) is 6.57. The molecule has 29 heavy (non-hydrogen) atoms. The van der Waals surface area contributed by atoms with Gasteiger partial charge in [0.15, 0.2) is 16.3 Å². The number of ketones is 1. The van der Waals surface area contributed by atoms with E-state index in [1.54, 1.807) is 60.7 Å². The summed E-state index contributed by atoms with van der Waals surface area (Å²) < 4.78 is 32.3. The fourth-order valence-electron chi connectivity index (χ4n) is 3.01. The van der Waals surface area contributed by atoms with E-state index in [1.807, 2.05) is 19.1 Å². The number of nitrogens with zero attached hydrogens (tertiary/aromatic N) is 1. The zero-order valence-electron chi connectivity index (χ0n) is 15.6. The quantitative estimate of drug-likeness (QED) is 0.451. The van der Waals surface area contributed by atoms with E-state index in [9.17, 15) is 13.2 Å². The van der Waals surface area contributed by atoms with Crippen LogP contribution in [0.3, 0.4) is 0 Å². The van der Waals surface area contributed by atoms with Crippen LogP contribution in [-0.2, 0) is 9.84 Å². The SMILES string of the molecule is Cc1ccc(-c2onc(C(=O)c3ccccc3)c2S(=O)(=O)c2ccccc2)cc1. The van der Waals surface area contributed by atoms with Gasteiger partial charge < -0.3 is 4.52 Å². The zero-order valence-corrected chi connectivity index (χ0v) is 16.4. The van der Waals surface area contributed by atoms with Crippen molar-refractivity contribution in [2.45, 2.75) is 16.7 Å². The minimum atomic E-state index is -4.05. The van der Waals surface area contributed by atoms with Crippen molar-refractivity contribution in [1.29, 1.82) is 0 Å². The highest BCUT2D eigenvalue weighted by molar-refractivity contribution is 7.91. The highest BCUT2D eigenvalue weighted by Crippen LogP contribution is 2.35. The lowest BCUT2D eigenvalue weighted by atomic mass is 10.1. The third-order valence-corrected chi connectivity index (χ3v) is 6.35. The minimum absolute atomic E-state index is 0.0492. The molecule has 3 aromatic carbocycles. The number of hydrogen-bond acceptors (Lipinski definition) is 5. The Balaban J connectivity index is 1.96. The van der Waals surface area contributed by atoms with E-state index in [2.05, 4.69) is 5.16 Å². The van der Waals surface area contributed by atoms with Crippen LogP contribution in [0.15, 0.2) is 99.2 Å². The van der Waals surface area contributed by atoms with Gasteiger partial charge in [0.25, 0.3) is 0 Å². The third kappa shape index (κ3) is 3.50. The number of benzene rings is 3. The smallest absolute Gasteiger partial charge is 0.216 e. The van der Waals surface area contributed by atoms with Gasteiger partial charge in [0, 0.05) is 11.1 Å². The van der Waals surface area contributed by atoms with Crippen molar-refractivity contribution >= 4 is 15.6 Å². The van der Waals surface area contributed by atoms with Gasteiger partial charge in [-0.2, -0.15) is 0 Å². The molecular weight excluding hydrogens is 386 g/mol. The number of hydrogen-bond donors (Lipinski definition) is 0. The molecule has 5 nitrogen and oxygen atoms in total. The van der Waals surface area contributed by atoms with Gasteiger partial charge in [-0.3, -0.25) is 4.79 Å². The lowest BCUT2D eigenvalue weighted by molar-refractivity contribution is 0.102. The summed E-state index contributed by atoms with van der Waals surface area (Å²) in [6, 6.07) is 23.5. The van der Waals surface area contributed by atoms with Gasteiger partial charge in [-0.1, -0.05) is 83.5 Å². The van der Waals surface area contributed by atoms with Crippen molar-refractivity contribution in [2.24, 2.45) is 0 Å². The van der Waals surface area contributed by atoms with Crippen LogP contribution < -0.4 is 0 Å². The first kappa shape index (κ1) is 18.8. The molecule has 0 spiro atoms. The van der Waals surface area contributed by atoms with Crippen molar-refractivity contribution in [2.75, 3.05) is 0 Å². The van der Waals surface area contributed by atoms with Crippen LogP contribution in [0.1, 0.15) is 21.6 Å². The normalized spacial score (nSPS) is 11.3. The number of carbonyl (C=O) groups excluding carboxylic acids is 1. The first-order chi connectivity index (χ1) is 14.0. The Hall–Kier alpha value is -3.51. The molecule has 0 unspecified atom stereocenters. The molecule has 0 radical (unpaired) electrons. The first-order valence-corrected chi connectivity index (χ1v) is 10.4. The van der Waals surface area contributed by atoms with Crippen LogP contribution in [0, 0.1) is 6.92 Å². The molecule has 0 bridgehead atoms. The summed E-state index contributed by atoms with van der Waals surface area (Å²) in [5.74, 6) is -0.463. The van der Waals surface area contributed by atoms with E-state index in [-0.39, 0.29) is 21.2 Å². The lowest BCUT2D eigenvalue weighted by Gasteiger charge is -2.07. The summed E-state index contributed by atoms with van der Waals surface area (Å²) in [6.45, 7) is 1.93. The molecule has 144 valence electrons. The lowest BCUT2D eigenvalue weighted by Crippen LogP contribution is -2.11. The molecule has 6 heteroatoms. The maximum atomic E-state index is 13.5.